The number of methoxy groups -OCH3 is 2. The summed E-state index contributed by atoms with van der Waals surface area (Å²) in [7, 11) is -1.07. The number of nitrogens with one attached hydrogen (secondary N) is 2. The molecule has 0 saturated carbocycles. The Morgan fingerprint density at radius 2 is 2.06 bits per heavy atom. The number of sulfonamides is 1. The van der Waals surface area contributed by atoms with Crippen LogP contribution >= 0.6 is 0 Å². The van der Waals surface area contributed by atoms with E-state index < -0.39 is 21.2 Å². The van der Waals surface area contributed by atoms with Crippen molar-refractivity contribution in [2.75, 3.05) is 27.3 Å². The molecule has 100 valence electrons. The Bertz CT molecular complexity index is 370. The lowest BCUT2D eigenvalue weighted by molar-refractivity contribution is -0.139. The zero-order valence-corrected chi connectivity index (χ0v) is 10.9. The van der Waals surface area contributed by atoms with E-state index in [1.165, 1.54) is 14.0 Å². The van der Waals surface area contributed by atoms with Crippen molar-refractivity contribution < 1.29 is 22.7 Å². The van der Waals surface area contributed by atoms with Gasteiger partial charge in [0.1, 0.15) is 0 Å². The van der Waals surface area contributed by atoms with E-state index in [2.05, 4.69) is 14.8 Å². The van der Waals surface area contributed by atoms with E-state index in [0.717, 1.165) is 7.11 Å². The van der Waals surface area contributed by atoms with Crippen LogP contribution in [0.3, 0.4) is 0 Å². The third-order valence-electron chi connectivity index (χ3n) is 2.78. The summed E-state index contributed by atoms with van der Waals surface area (Å²) < 4.78 is 35.7. The third kappa shape index (κ3) is 3.38. The molecule has 1 heterocycles. The molecule has 7 nitrogen and oxygen atoms in total. The SMILES string of the molecule is COC(=O)C(C)S(=O)(=O)NC1CNC[C@@H]1OC. The van der Waals surface area contributed by atoms with E-state index in [1.807, 2.05) is 0 Å². The van der Waals surface area contributed by atoms with Gasteiger partial charge in [0, 0.05) is 20.2 Å². The molecular formula is C9H18N2O5S. The van der Waals surface area contributed by atoms with Crippen molar-refractivity contribution in [3.8, 4) is 0 Å². The fraction of sp³-hybridized carbons (Fsp3) is 0.889. The maximum atomic E-state index is 11.9. The zero-order chi connectivity index (χ0) is 13.1. The van der Waals surface area contributed by atoms with E-state index in [9.17, 15) is 13.2 Å². The molecule has 0 radical (unpaired) electrons. The van der Waals surface area contributed by atoms with Gasteiger partial charge in [-0.15, -0.1) is 0 Å². The maximum Gasteiger partial charge on any atom is 0.325 e. The van der Waals surface area contributed by atoms with Gasteiger partial charge >= 0.3 is 5.97 Å². The van der Waals surface area contributed by atoms with Crippen LogP contribution in [0.2, 0.25) is 0 Å². The Balaban J connectivity index is 2.69. The van der Waals surface area contributed by atoms with E-state index in [4.69, 9.17) is 4.74 Å². The van der Waals surface area contributed by atoms with Crippen molar-refractivity contribution in [1.29, 1.82) is 0 Å². The summed E-state index contributed by atoms with van der Waals surface area (Å²) in [6.07, 6.45) is -0.227. The predicted octanol–water partition coefficient (Wildman–Crippen LogP) is -1.55. The minimum Gasteiger partial charge on any atom is -0.468 e. The van der Waals surface area contributed by atoms with Gasteiger partial charge in [0.05, 0.1) is 19.3 Å². The summed E-state index contributed by atoms with van der Waals surface area (Å²) in [4.78, 5) is 11.2. The molecule has 2 N–H and O–H groups in total. The summed E-state index contributed by atoms with van der Waals surface area (Å²) in [6.45, 7) is 2.35. The molecule has 2 unspecified atom stereocenters. The van der Waals surface area contributed by atoms with Gasteiger partial charge in [-0.25, -0.2) is 13.1 Å². The molecule has 1 aliphatic rings. The number of carbonyl (C=O) groups excluding carboxylic acids is 1. The van der Waals surface area contributed by atoms with Crippen molar-refractivity contribution >= 4 is 16.0 Å². The van der Waals surface area contributed by atoms with Crippen molar-refractivity contribution in [3.63, 3.8) is 0 Å². The summed E-state index contributed by atoms with van der Waals surface area (Å²) in [5, 5.41) is 1.78. The smallest absolute Gasteiger partial charge is 0.325 e. The number of hydrogen-bond donors (Lipinski definition) is 2. The van der Waals surface area contributed by atoms with E-state index in [0.29, 0.717) is 13.1 Å². The first-order chi connectivity index (χ1) is 7.92. The highest BCUT2D eigenvalue weighted by atomic mass is 32.2. The molecule has 3 atom stereocenters. The van der Waals surface area contributed by atoms with Crippen LogP contribution in [0.15, 0.2) is 0 Å². The first kappa shape index (κ1) is 14.4. The number of hydrogen-bond acceptors (Lipinski definition) is 6. The van der Waals surface area contributed by atoms with Gasteiger partial charge in [0.25, 0.3) is 0 Å². The second kappa shape index (κ2) is 5.76. The van der Waals surface area contributed by atoms with Crippen LogP contribution in [0, 0.1) is 0 Å². The molecule has 0 bridgehead atoms. The highest BCUT2D eigenvalue weighted by molar-refractivity contribution is 7.90. The van der Waals surface area contributed by atoms with Crippen LogP contribution in [0.5, 0.6) is 0 Å². The van der Waals surface area contributed by atoms with Crippen molar-refractivity contribution in [2.45, 2.75) is 24.3 Å². The Morgan fingerprint density at radius 3 is 2.59 bits per heavy atom. The number of rotatable bonds is 5. The Hall–Kier alpha value is -0.700. The summed E-state index contributed by atoms with van der Waals surface area (Å²) in [5.74, 6) is -0.780. The molecule has 1 saturated heterocycles. The van der Waals surface area contributed by atoms with Crippen molar-refractivity contribution in [1.82, 2.24) is 10.0 Å². The van der Waals surface area contributed by atoms with Gasteiger partial charge in [-0.2, -0.15) is 0 Å². The Kier molecular flexibility index (Phi) is 4.87. The molecule has 17 heavy (non-hydrogen) atoms. The largest absolute Gasteiger partial charge is 0.468 e. The minimum absolute atomic E-state index is 0.227. The van der Waals surface area contributed by atoms with Gasteiger partial charge in [-0.05, 0) is 6.92 Å². The minimum atomic E-state index is -3.74. The standard InChI is InChI=1S/C9H18N2O5S/c1-6(9(12)16-3)17(13,14)11-7-4-10-5-8(7)15-2/h6-8,10-11H,4-5H2,1-3H3/t6?,7?,8-/m0/s1. The van der Waals surface area contributed by atoms with Crippen LogP contribution in [0.4, 0.5) is 0 Å². The zero-order valence-electron chi connectivity index (χ0n) is 10.1. The van der Waals surface area contributed by atoms with E-state index >= 15 is 0 Å². The monoisotopic (exact) mass is 266 g/mol. The summed E-state index contributed by atoms with van der Waals surface area (Å²) >= 11 is 0. The lowest BCUT2D eigenvalue weighted by Crippen LogP contribution is -2.48. The fourth-order valence-corrected chi connectivity index (χ4v) is 2.84. The van der Waals surface area contributed by atoms with Crippen molar-refractivity contribution in [2.24, 2.45) is 0 Å². The van der Waals surface area contributed by atoms with Gasteiger partial charge < -0.3 is 14.8 Å². The van der Waals surface area contributed by atoms with Gasteiger partial charge in [-0.3, -0.25) is 4.79 Å². The molecule has 8 heteroatoms. The summed E-state index contributed by atoms with van der Waals surface area (Å²) in [5.41, 5.74) is 0. The normalized spacial score (nSPS) is 26.8. The third-order valence-corrected chi connectivity index (χ3v) is 4.53. The lowest BCUT2D eigenvalue weighted by atomic mass is 10.2. The molecule has 0 spiro atoms. The quantitative estimate of drug-likeness (QED) is 0.585. The fourth-order valence-electron chi connectivity index (χ4n) is 1.63. The van der Waals surface area contributed by atoms with Gasteiger partial charge in [0.2, 0.25) is 10.0 Å². The van der Waals surface area contributed by atoms with Gasteiger partial charge in [-0.1, -0.05) is 0 Å². The first-order valence-electron chi connectivity index (χ1n) is 5.25. The van der Waals surface area contributed by atoms with Crippen LogP contribution < -0.4 is 10.0 Å². The molecule has 1 fully saturated rings. The molecule has 1 rings (SSSR count). The predicted molar refractivity (Wildman–Crippen MR) is 61.0 cm³/mol. The van der Waals surface area contributed by atoms with Crippen LogP contribution in [0.25, 0.3) is 0 Å². The Morgan fingerprint density at radius 1 is 1.41 bits per heavy atom. The average molecular weight is 266 g/mol. The number of carbonyl (C=O) groups is 1. The van der Waals surface area contributed by atoms with Crippen LogP contribution in [0.1, 0.15) is 6.92 Å². The van der Waals surface area contributed by atoms with E-state index in [1.54, 1.807) is 0 Å². The molecule has 0 amide bonds. The van der Waals surface area contributed by atoms with Crippen LogP contribution in [-0.4, -0.2) is 59.1 Å². The molecule has 0 aromatic heterocycles. The highest BCUT2D eigenvalue weighted by Gasteiger charge is 2.35. The molecule has 1 aliphatic heterocycles. The lowest BCUT2D eigenvalue weighted by Gasteiger charge is -2.20. The maximum absolute atomic E-state index is 11.9. The summed E-state index contributed by atoms with van der Waals surface area (Å²) in [6, 6.07) is -0.364. The number of ether oxygens (including phenoxy) is 2. The molecule has 0 aliphatic carbocycles. The highest BCUT2D eigenvalue weighted by Crippen LogP contribution is 2.08. The van der Waals surface area contributed by atoms with Crippen molar-refractivity contribution in [3.05, 3.63) is 0 Å². The van der Waals surface area contributed by atoms with Gasteiger partial charge in [0.15, 0.2) is 5.25 Å². The Labute approximate surface area is 101 Å². The topological polar surface area (TPSA) is 93.7 Å². The second-order valence-corrected chi connectivity index (χ2v) is 5.90. The molecule has 0 aromatic carbocycles. The van der Waals surface area contributed by atoms with E-state index in [-0.39, 0.29) is 12.1 Å². The molecular weight excluding hydrogens is 248 g/mol. The first-order valence-corrected chi connectivity index (χ1v) is 6.79. The molecule has 0 aromatic rings. The number of esters is 1. The average Bonchev–Trinajstić information content (AvgIpc) is 2.73. The second-order valence-electron chi connectivity index (χ2n) is 3.87. The van der Waals surface area contributed by atoms with Crippen LogP contribution in [-0.2, 0) is 24.3 Å².